The molecule has 0 bridgehead atoms. The molecule has 1 amide bonds. The number of alkyl carbamates (subject to hydrolysis) is 1. The number of unbranched alkanes of at least 4 members (excludes halogenated alkanes) is 1. The molecule has 108 valence electrons. The van der Waals surface area contributed by atoms with Crippen molar-refractivity contribution in [2.45, 2.75) is 26.4 Å². The van der Waals surface area contributed by atoms with E-state index in [0.717, 1.165) is 18.4 Å². The number of esters is 1. The maximum absolute atomic E-state index is 11.6. The molecule has 0 aliphatic heterocycles. The van der Waals surface area contributed by atoms with E-state index in [1.165, 1.54) is 0 Å². The van der Waals surface area contributed by atoms with Gasteiger partial charge in [-0.1, -0.05) is 50.3 Å². The molecular weight excluding hydrogens is 258 g/mol. The molecule has 0 fully saturated rings. The van der Waals surface area contributed by atoms with E-state index in [-0.39, 0.29) is 12.3 Å². The zero-order valence-corrected chi connectivity index (χ0v) is 11.6. The van der Waals surface area contributed by atoms with E-state index in [2.05, 4.69) is 11.9 Å². The number of carbonyl (C=O) groups excluding carboxylic acids is 2. The minimum Gasteiger partial charge on any atom is -0.456 e. The number of ether oxygens (including phenoxy) is 2. The fourth-order valence-corrected chi connectivity index (χ4v) is 1.33. The summed E-state index contributed by atoms with van der Waals surface area (Å²) in [7, 11) is 0. The lowest BCUT2D eigenvalue weighted by atomic mass is 10.2. The van der Waals surface area contributed by atoms with Crippen molar-refractivity contribution in [3.63, 3.8) is 0 Å². The summed E-state index contributed by atoms with van der Waals surface area (Å²) < 4.78 is 9.86. The van der Waals surface area contributed by atoms with Crippen LogP contribution in [0.4, 0.5) is 4.79 Å². The molecule has 0 aliphatic rings. The van der Waals surface area contributed by atoms with E-state index in [1.54, 1.807) is 0 Å². The SMILES string of the molecule is C=C(NC(=O)OCCCC)C(=O)OCc1ccccc1. The Balaban J connectivity index is 2.29. The Morgan fingerprint density at radius 3 is 2.55 bits per heavy atom. The minimum atomic E-state index is -0.694. The van der Waals surface area contributed by atoms with Crippen LogP contribution in [0.15, 0.2) is 42.6 Å². The predicted octanol–water partition coefficient (Wildman–Crippen LogP) is 2.77. The molecule has 0 spiro atoms. The summed E-state index contributed by atoms with van der Waals surface area (Å²) in [4.78, 5) is 22.9. The average molecular weight is 277 g/mol. The first kappa shape index (κ1) is 15.8. The van der Waals surface area contributed by atoms with Crippen LogP contribution in [0, 0.1) is 0 Å². The highest BCUT2D eigenvalue weighted by Gasteiger charge is 2.12. The van der Waals surface area contributed by atoms with Gasteiger partial charge >= 0.3 is 12.1 Å². The summed E-state index contributed by atoms with van der Waals surface area (Å²) in [6.07, 6.45) is 1.01. The van der Waals surface area contributed by atoms with Gasteiger partial charge in [0.25, 0.3) is 0 Å². The third-order valence-corrected chi connectivity index (χ3v) is 2.44. The largest absolute Gasteiger partial charge is 0.456 e. The molecule has 0 saturated carbocycles. The van der Waals surface area contributed by atoms with Gasteiger partial charge in [-0.15, -0.1) is 0 Å². The van der Waals surface area contributed by atoms with Crippen molar-refractivity contribution in [3.8, 4) is 0 Å². The highest BCUT2D eigenvalue weighted by atomic mass is 16.6. The summed E-state index contributed by atoms with van der Waals surface area (Å²) >= 11 is 0. The van der Waals surface area contributed by atoms with Gasteiger partial charge in [-0.25, -0.2) is 9.59 Å². The van der Waals surface area contributed by atoms with E-state index < -0.39 is 12.1 Å². The Morgan fingerprint density at radius 1 is 1.20 bits per heavy atom. The van der Waals surface area contributed by atoms with Crippen LogP contribution in [0.25, 0.3) is 0 Å². The molecule has 0 radical (unpaired) electrons. The standard InChI is InChI=1S/C15H19NO4/c1-3-4-10-19-15(18)16-12(2)14(17)20-11-13-8-6-5-7-9-13/h5-9H,2-4,10-11H2,1H3,(H,16,18). The maximum atomic E-state index is 11.6. The second kappa shape index (κ2) is 8.74. The molecule has 0 aromatic heterocycles. The first-order chi connectivity index (χ1) is 9.63. The number of hydrogen-bond acceptors (Lipinski definition) is 4. The Labute approximate surface area is 118 Å². The fourth-order valence-electron chi connectivity index (χ4n) is 1.33. The van der Waals surface area contributed by atoms with Crippen LogP contribution in [0.3, 0.4) is 0 Å². The van der Waals surface area contributed by atoms with Gasteiger partial charge in [0.2, 0.25) is 0 Å². The van der Waals surface area contributed by atoms with Crippen LogP contribution in [-0.4, -0.2) is 18.7 Å². The molecule has 0 heterocycles. The number of benzene rings is 1. The van der Waals surface area contributed by atoms with Gasteiger partial charge in [0, 0.05) is 0 Å². The highest BCUT2D eigenvalue weighted by Crippen LogP contribution is 2.02. The molecular formula is C15H19NO4. The van der Waals surface area contributed by atoms with Gasteiger partial charge in [0.15, 0.2) is 0 Å². The van der Waals surface area contributed by atoms with E-state index in [1.807, 2.05) is 37.3 Å². The van der Waals surface area contributed by atoms with E-state index >= 15 is 0 Å². The van der Waals surface area contributed by atoms with E-state index in [9.17, 15) is 9.59 Å². The number of amides is 1. The molecule has 1 N–H and O–H groups in total. The summed E-state index contributed by atoms with van der Waals surface area (Å²) in [6, 6.07) is 9.24. The molecule has 5 nitrogen and oxygen atoms in total. The van der Waals surface area contributed by atoms with E-state index in [4.69, 9.17) is 9.47 Å². The van der Waals surface area contributed by atoms with Gasteiger partial charge < -0.3 is 9.47 Å². The molecule has 0 atom stereocenters. The first-order valence-electron chi connectivity index (χ1n) is 6.47. The Kier molecular flexibility index (Phi) is 6.89. The Hall–Kier alpha value is -2.30. The molecule has 5 heteroatoms. The van der Waals surface area contributed by atoms with Gasteiger partial charge in [-0.2, -0.15) is 0 Å². The molecule has 20 heavy (non-hydrogen) atoms. The third-order valence-electron chi connectivity index (χ3n) is 2.44. The number of hydrogen-bond donors (Lipinski definition) is 1. The quantitative estimate of drug-likeness (QED) is 0.473. The van der Waals surface area contributed by atoms with Gasteiger partial charge in [-0.3, -0.25) is 5.32 Å². The molecule has 0 unspecified atom stereocenters. The highest BCUT2D eigenvalue weighted by molar-refractivity contribution is 5.91. The summed E-state index contributed by atoms with van der Waals surface area (Å²) in [5.41, 5.74) is 0.724. The minimum absolute atomic E-state index is 0.130. The number of rotatable bonds is 7. The maximum Gasteiger partial charge on any atom is 0.411 e. The van der Waals surface area contributed by atoms with Crippen LogP contribution in [-0.2, 0) is 20.9 Å². The zero-order chi connectivity index (χ0) is 14.8. The average Bonchev–Trinajstić information content (AvgIpc) is 2.46. The molecule has 0 aliphatic carbocycles. The zero-order valence-electron chi connectivity index (χ0n) is 11.6. The second-order valence-electron chi connectivity index (χ2n) is 4.15. The molecule has 1 aromatic rings. The lowest BCUT2D eigenvalue weighted by molar-refractivity contribution is -0.140. The van der Waals surface area contributed by atoms with Crippen molar-refractivity contribution in [2.75, 3.05) is 6.61 Å². The number of carbonyl (C=O) groups is 2. The lowest BCUT2D eigenvalue weighted by Gasteiger charge is -2.09. The predicted molar refractivity (Wildman–Crippen MR) is 74.8 cm³/mol. The second-order valence-corrected chi connectivity index (χ2v) is 4.15. The summed E-state index contributed by atoms with van der Waals surface area (Å²) in [5.74, 6) is -0.679. The van der Waals surface area contributed by atoms with Crippen molar-refractivity contribution in [1.29, 1.82) is 0 Å². The van der Waals surface area contributed by atoms with Crippen LogP contribution < -0.4 is 5.32 Å². The van der Waals surface area contributed by atoms with Crippen LogP contribution in [0.1, 0.15) is 25.3 Å². The van der Waals surface area contributed by atoms with Crippen molar-refractivity contribution in [1.82, 2.24) is 5.32 Å². The Morgan fingerprint density at radius 2 is 1.90 bits per heavy atom. The normalized spacial score (nSPS) is 9.65. The molecule has 1 rings (SSSR count). The lowest BCUT2D eigenvalue weighted by Crippen LogP contribution is -2.28. The Bertz CT molecular complexity index is 456. The van der Waals surface area contributed by atoms with Crippen molar-refractivity contribution < 1.29 is 19.1 Å². The van der Waals surface area contributed by atoms with Crippen LogP contribution >= 0.6 is 0 Å². The summed E-state index contributed by atoms with van der Waals surface area (Å²) in [6.45, 7) is 5.88. The number of nitrogens with one attached hydrogen (secondary N) is 1. The van der Waals surface area contributed by atoms with Crippen LogP contribution in [0.5, 0.6) is 0 Å². The smallest absolute Gasteiger partial charge is 0.411 e. The van der Waals surface area contributed by atoms with Crippen LogP contribution in [0.2, 0.25) is 0 Å². The van der Waals surface area contributed by atoms with Gasteiger partial charge in [0.1, 0.15) is 12.3 Å². The van der Waals surface area contributed by atoms with E-state index in [0.29, 0.717) is 6.61 Å². The topological polar surface area (TPSA) is 64.6 Å². The van der Waals surface area contributed by atoms with Crippen molar-refractivity contribution in [2.24, 2.45) is 0 Å². The molecule has 1 aromatic carbocycles. The first-order valence-corrected chi connectivity index (χ1v) is 6.47. The molecule has 0 saturated heterocycles. The van der Waals surface area contributed by atoms with Crippen molar-refractivity contribution in [3.05, 3.63) is 48.2 Å². The monoisotopic (exact) mass is 277 g/mol. The van der Waals surface area contributed by atoms with Crippen molar-refractivity contribution >= 4 is 12.1 Å². The van der Waals surface area contributed by atoms with Gasteiger partial charge in [0.05, 0.1) is 6.61 Å². The third kappa shape index (κ3) is 6.04. The van der Waals surface area contributed by atoms with Gasteiger partial charge in [-0.05, 0) is 12.0 Å². The summed E-state index contributed by atoms with van der Waals surface area (Å²) in [5, 5.41) is 2.24. The fraction of sp³-hybridized carbons (Fsp3) is 0.333.